The number of benzene rings is 1. The largest absolute Gasteiger partial charge is 0.459 e. The number of rotatable bonds is 11. The van der Waals surface area contributed by atoms with E-state index in [0.717, 1.165) is 5.56 Å². The summed E-state index contributed by atoms with van der Waals surface area (Å²) in [7, 11) is 0. The molecule has 1 aliphatic rings. The lowest BCUT2D eigenvalue weighted by Gasteiger charge is -2.38. The monoisotopic (exact) mass is 775 g/mol. The van der Waals surface area contributed by atoms with E-state index in [1.807, 2.05) is 122 Å². The Labute approximate surface area is 328 Å². The van der Waals surface area contributed by atoms with Crippen LogP contribution in [0, 0.1) is 0 Å². The van der Waals surface area contributed by atoms with Crippen LogP contribution in [0.5, 0.6) is 0 Å². The van der Waals surface area contributed by atoms with Gasteiger partial charge in [0.2, 0.25) is 0 Å². The number of hydrogen-bond donors (Lipinski definition) is 0. The maximum atomic E-state index is 13.5. The van der Waals surface area contributed by atoms with Crippen molar-refractivity contribution in [3.05, 3.63) is 29.8 Å². The fraction of sp³-hybridized carbons (Fsp3) is 0.725. The number of hydrogen-bond acceptors (Lipinski definition) is 14. The van der Waals surface area contributed by atoms with Crippen molar-refractivity contribution < 1.29 is 38.1 Å². The SMILES string of the molecule is CC(C)(C)OC(=O)CN1CCN(CC(=O)OC(C)(C)C)CCN(CC(=O)OC(C)(C)C)C(Cc2ccc(N=C=S)cc2)CN(CC(=O)OC(C)(C)C)CC1. The van der Waals surface area contributed by atoms with Crippen molar-refractivity contribution >= 4 is 46.9 Å². The normalized spacial score (nSPS) is 18.0. The Morgan fingerprint density at radius 1 is 0.593 bits per heavy atom. The van der Waals surface area contributed by atoms with Gasteiger partial charge in [-0.2, -0.15) is 4.99 Å². The first-order valence-electron chi connectivity index (χ1n) is 18.7. The molecule has 2 rings (SSSR count). The van der Waals surface area contributed by atoms with Crippen molar-refractivity contribution in [2.75, 3.05) is 72.0 Å². The highest BCUT2D eigenvalue weighted by Crippen LogP contribution is 2.19. The molecule has 0 aromatic heterocycles. The summed E-state index contributed by atoms with van der Waals surface area (Å²) in [4.78, 5) is 65.2. The van der Waals surface area contributed by atoms with Crippen molar-refractivity contribution in [1.29, 1.82) is 0 Å². The summed E-state index contributed by atoms with van der Waals surface area (Å²) in [5.41, 5.74) is -1.04. The molecule has 1 saturated heterocycles. The molecule has 0 bridgehead atoms. The van der Waals surface area contributed by atoms with E-state index in [0.29, 0.717) is 57.9 Å². The third kappa shape index (κ3) is 21.0. The molecule has 1 aliphatic heterocycles. The molecule has 1 atom stereocenters. The van der Waals surface area contributed by atoms with Gasteiger partial charge in [0, 0.05) is 51.9 Å². The average Bonchev–Trinajstić information content (AvgIpc) is 2.96. The van der Waals surface area contributed by atoms with Crippen LogP contribution >= 0.6 is 12.2 Å². The van der Waals surface area contributed by atoms with Crippen LogP contribution in [0.3, 0.4) is 0 Å². The van der Waals surface area contributed by atoms with Gasteiger partial charge in [-0.25, -0.2) is 0 Å². The molecule has 0 amide bonds. The van der Waals surface area contributed by atoms with Gasteiger partial charge in [-0.3, -0.25) is 38.8 Å². The van der Waals surface area contributed by atoms with Gasteiger partial charge in [-0.15, -0.1) is 0 Å². The molecule has 0 spiro atoms. The second-order valence-corrected chi connectivity index (χ2v) is 18.0. The minimum atomic E-state index is -0.694. The zero-order valence-corrected chi connectivity index (χ0v) is 35.6. The van der Waals surface area contributed by atoms with Crippen molar-refractivity contribution in [3.63, 3.8) is 0 Å². The summed E-state index contributed by atoms with van der Waals surface area (Å²) in [5.74, 6) is -1.50. The first kappa shape index (κ1) is 46.9. The maximum Gasteiger partial charge on any atom is 0.320 e. The van der Waals surface area contributed by atoms with Crippen molar-refractivity contribution in [2.24, 2.45) is 4.99 Å². The van der Waals surface area contributed by atoms with Crippen molar-refractivity contribution in [3.8, 4) is 0 Å². The Morgan fingerprint density at radius 2 is 0.944 bits per heavy atom. The zero-order valence-electron chi connectivity index (χ0n) is 34.8. The van der Waals surface area contributed by atoms with Gasteiger partial charge in [0.25, 0.3) is 0 Å². The van der Waals surface area contributed by atoms with E-state index >= 15 is 0 Å². The molecule has 304 valence electrons. The topological polar surface area (TPSA) is 131 Å². The molecule has 14 heteroatoms. The Balaban J connectivity index is 2.63. The summed E-state index contributed by atoms with van der Waals surface area (Å²) >= 11 is 4.79. The highest BCUT2D eigenvalue weighted by atomic mass is 32.1. The molecule has 1 aromatic rings. The number of esters is 4. The molecule has 0 N–H and O–H groups in total. The van der Waals surface area contributed by atoms with E-state index in [-0.39, 0.29) is 56.1 Å². The van der Waals surface area contributed by atoms with Crippen LogP contribution in [-0.2, 0) is 44.5 Å². The quantitative estimate of drug-likeness (QED) is 0.131. The molecule has 0 saturated carbocycles. The molecule has 54 heavy (non-hydrogen) atoms. The molecule has 0 radical (unpaired) electrons. The standard InChI is InChI=1S/C40H65N5O8S/c1-37(2,3)50-33(46)25-42-17-18-43(26-34(47)51-38(4,5)6)21-22-45(28-36(49)53-40(10,11)12)32(23-30-13-15-31(16-14-30)41-29-54)24-44(20-19-42)27-35(48)52-39(7,8)9/h13-16,32H,17-28H2,1-12H3. The molecular formula is C40H65N5O8S. The van der Waals surface area contributed by atoms with Crippen molar-refractivity contribution in [2.45, 2.75) is 118 Å². The minimum absolute atomic E-state index is 0.00140. The molecule has 1 fully saturated rings. The molecule has 0 aliphatic carbocycles. The van der Waals surface area contributed by atoms with Gasteiger partial charge in [-0.1, -0.05) is 12.1 Å². The van der Waals surface area contributed by atoms with Gasteiger partial charge in [0.15, 0.2) is 0 Å². The van der Waals surface area contributed by atoms with E-state index in [9.17, 15) is 19.2 Å². The van der Waals surface area contributed by atoms with E-state index in [4.69, 9.17) is 31.2 Å². The number of carbonyl (C=O) groups excluding carboxylic acids is 4. The number of thiocarbonyl (C=S) groups is 1. The molecule has 1 unspecified atom stereocenters. The summed E-state index contributed by atoms with van der Waals surface area (Å²) in [6.45, 7) is 24.9. The van der Waals surface area contributed by atoms with Gasteiger partial charge in [-0.05, 0) is 119 Å². The Bertz CT molecular complexity index is 1440. The fourth-order valence-electron chi connectivity index (χ4n) is 5.85. The second-order valence-electron chi connectivity index (χ2n) is 17.8. The van der Waals surface area contributed by atoms with Crippen molar-refractivity contribution in [1.82, 2.24) is 19.6 Å². The average molecular weight is 776 g/mol. The van der Waals surface area contributed by atoms with Gasteiger partial charge in [0.1, 0.15) is 22.4 Å². The number of carbonyl (C=O) groups is 4. The Kier molecular flexibility index (Phi) is 17.9. The first-order valence-corrected chi connectivity index (χ1v) is 19.2. The van der Waals surface area contributed by atoms with E-state index < -0.39 is 22.4 Å². The summed E-state index contributed by atoms with van der Waals surface area (Å²) < 4.78 is 22.9. The van der Waals surface area contributed by atoms with Crippen LogP contribution < -0.4 is 0 Å². The number of isothiocyanates is 1. The highest BCUT2D eigenvalue weighted by molar-refractivity contribution is 7.78. The molecule has 1 heterocycles. The summed E-state index contributed by atoms with van der Waals surface area (Å²) in [5, 5.41) is 2.40. The minimum Gasteiger partial charge on any atom is -0.459 e. The fourth-order valence-corrected chi connectivity index (χ4v) is 5.95. The highest BCUT2D eigenvalue weighted by Gasteiger charge is 2.31. The van der Waals surface area contributed by atoms with Gasteiger partial charge in [0.05, 0.1) is 37.0 Å². The second kappa shape index (κ2) is 20.6. The molecule has 13 nitrogen and oxygen atoms in total. The third-order valence-corrected chi connectivity index (χ3v) is 7.90. The zero-order chi connectivity index (χ0) is 40.9. The van der Waals surface area contributed by atoms with Gasteiger partial charge >= 0.3 is 23.9 Å². The van der Waals surface area contributed by atoms with Crippen LogP contribution in [0.25, 0.3) is 0 Å². The third-order valence-electron chi connectivity index (χ3n) is 7.81. The number of aliphatic imine (C=N–C) groups is 1. The first-order chi connectivity index (χ1) is 24.8. The predicted molar refractivity (Wildman–Crippen MR) is 213 cm³/mol. The van der Waals surface area contributed by atoms with Crippen LogP contribution in [0.1, 0.15) is 88.6 Å². The Hall–Kier alpha value is -3.26. The molecule has 1 aromatic carbocycles. The van der Waals surface area contributed by atoms with Crippen LogP contribution in [0.2, 0.25) is 0 Å². The molecular weight excluding hydrogens is 711 g/mol. The number of nitrogens with zero attached hydrogens (tertiary/aromatic N) is 5. The lowest BCUT2D eigenvalue weighted by molar-refractivity contribution is -0.160. The summed E-state index contributed by atoms with van der Waals surface area (Å²) in [6.07, 6.45) is 0.517. The van der Waals surface area contributed by atoms with Crippen LogP contribution in [-0.4, -0.2) is 149 Å². The maximum absolute atomic E-state index is 13.5. The van der Waals surface area contributed by atoms with Crippen LogP contribution in [0.4, 0.5) is 5.69 Å². The number of ether oxygens (including phenoxy) is 4. The van der Waals surface area contributed by atoms with E-state index in [2.05, 4.69) is 15.1 Å². The lowest BCUT2D eigenvalue weighted by Crippen LogP contribution is -2.54. The van der Waals surface area contributed by atoms with E-state index in [1.165, 1.54) is 0 Å². The smallest absolute Gasteiger partial charge is 0.320 e. The van der Waals surface area contributed by atoms with E-state index in [1.54, 1.807) is 0 Å². The lowest BCUT2D eigenvalue weighted by atomic mass is 10.0. The van der Waals surface area contributed by atoms with Crippen LogP contribution in [0.15, 0.2) is 29.3 Å². The predicted octanol–water partition coefficient (Wildman–Crippen LogP) is 4.92. The Morgan fingerprint density at radius 3 is 1.33 bits per heavy atom. The van der Waals surface area contributed by atoms with Gasteiger partial charge < -0.3 is 18.9 Å². The summed E-state index contributed by atoms with van der Waals surface area (Å²) in [6, 6.07) is 7.35.